The minimum Gasteiger partial charge on any atom is -0.309 e. The molecule has 10 aromatic rings. The van der Waals surface area contributed by atoms with E-state index in [0.717, 1.165) is 37.0 Å². The normalized spacial score (nSPS) is 14.5. The van der Waals surface area contributed by atoms with Gasteiger partial charge in [-0.2, -0.15) is 0 Å². The summed E-state index contributed by atoms with van der Waals surface area (Å²) in [5.74, 6) is 0.353. The zero-order chi connectivity index (χ0) is 36.4. The van der Waals surface area contributed by atoms with Gasteiger partial charge in [0.05, 0.1) is 48.9 Å². The highest BCUT2D eigenvalue weighted by Gasteiger charge is 2.18. The molecule has 0 radical (unpaired) electrons. The summed E-state index contributed by atoms with van der Waals surface area (Å²) in [6, 6.07) is 26.8. The summed E-state index contributed by atoms with van der Waals surface area (Å²) in [6.07, 6.45) is 1.78. The molecule has 45 heavy (non-hydrogen) atoms. The van der Waals surface area contributed by atoms with Crippen molar-refractivity contribution >= 4 is 75.3 Å². The van der Waals surface area contributed by atoms with Crippen LogP contribution in [-0.4, -0.2) is 19.1 Å². The van der Waals surface area contributed by atoms with E-state index in [1.807, 2.05) is 24.3 Å². The van der Waals surface area contributed by atoms with E-state index in [1.165, 1.54) is 15.3 Å². The van der Waals surface area contributed by atoms with E-state index < -0.39 is 24.2 Å². The third kappa shape index (κ3) is 3.53. The molecule has 0 aliphatic carbocycles. The summed E-state index contributed by atoms with van der Waals surface area (Å²) in [7, 11) is 0. The summed E-state index contributed by atoms with van der Waals surface area (Å²) >= 11 is 1.59. The Morgan fingerprint density at radius 2 is 1.20 bits per heavy atom. The Morgan fingerprint density at radius 1 is 0.556 bits per heavy atom. The molecule has 0 saturated carbocycles. The van der Waals surface area contributed by atoms with Gasteiger partial charge in [0, 0.05) is 49.1 Å². The van der Waals surface area contributed by atoms with E-state index in [9.17, 15) is 0 Å². The molecular formula is C40H24N4S. The van der Waals surface area contributed by atoms with E-state index in [0.29, 0.717) is 17.1 Å². The van der Waals surface area contributed by atoms with Gasteiger partial charge in [-0.3, -0.25) is 0 Å². The fraction of sp³-hybridized carbons (Fsp3) is 0. The summed E-state index contributed by atoms with van der Waals surface area (Å²) in [6.45, 7) is 0. The maximum absolute atomic E-state index is 8.97. The van der Waals surface area contributed by atoms with Gasteiger partial charge in [-0.1, -0.05) is 84.8 Å². The summed E-state index contributed by atoms with van der Waals surface area (Å²) in [4.78, 5) is 9.91. The van der Waals surface area contributed by atoms with Crippen LogP contribution in [0.2, 0.25) is 0 Å². The molecule has 0 fully saturated rings. The van der Waals surface area contributed by atoms with Crippen LogP contribution < -0.4 is 0 Å². The second kappa shape index (κ2) is 9.36. The SMILES string of the molecule is [2H]c1c([2H])c([2H])c2c(c1[2H])c1c([2H])c([2H])c([2H])c([2H])c1n2-c1ccccc1-c1ncc2sc3ccc(-n4c5ccccc5c5ccccc54)cc3c2n1. The van der Waals surface area contributed by atoms with Crippen LogP contribution in [0.15, 0.2) is 146 Å². The van der Waals surface area contributed by atoms with Crippen LogP contribution in [0.1, 0.15) is 11.0 Å². The largest absolute Gasteiger partial charge is 0.309 e. The highest BCUT2D eigenvalue weighted by molar-refractivity contribution is 7.25. The Labute approximate surface area is 273 Å². The van der Waals surface area contributed by atoms with E-state index in [4.69, 9.17) is 20.9 Å². The second-order valence-corrected chi connectivity index (χ2v) is 11.9. The quantitative estimate of drug-likeness (QED) is 0.202. The van der Waals surface area contributed by atoms with Crippen LogP contribution in [0.4, 0.5) is 0 Å². The molecule has 0 aliphatic heterocycles. The van der Waals surface area contributed by atoms with Gasteiger partial charge in [-0.25, -0.2) is 9.97 Å². The van der Waals surface area contributed by atoms with Gasteiger partial charge >= 0.3 is 0 Å². The highest BCUT2D eigenvalue weighted by atomic mass is 32.1. The lowest BCUT2D eigenvalue weighted by atomic mass is 10.1. The number of benzene rings is 6. The van der Waals surface area contributed by atoms with Gasteiger partial charge in [0.15, 0.2) is 5.82 Å². The van der Waals surface area contributed by atoms with Crippen molar-refractivity contribution < 1.29 is 11.0 Å². The van der Waals surface area contributed by atoms with E-state index in [2.05, 4.69) is 59.2 Å². The van der Waals surface area contributed by atoms with Crippen LogP contribution in [0.3, 0.4) is 0 Å². The summed E-state index contributed by atoms with van der Waals surface area (Å²) < 4.78 is 75.1. The molecule has 10 rings (SSSR count). The molecule has 0 atom stereocenters. The van der Waals surface area contributed by atoms with Gasteiger partial charge in [-0.05, 0) is 54.5 Å². The first-order chi connectivity index (χ1) is 25.7. The molecule has 0 unspecified atom stereocenters. The number of fused-ring (bicyclic) bond motifs is 9. The Bertz CT molecular complexity index is 3110. The maximum atomic E-state index is 8.97. The molecule has 6 aromatic carbocycles. The molecule has 0 saturated heterocycles. The zero-order valence-electron chi connectivity index (χ0n) is 31.4. The maximum Gasteiger partial charge on any atom is 0.161 e. The van der Waals surface area contributed by atoms with Crippen LogP contribution >= 0.6 is 11.3 Å². The molecule has 0 N–H and O–H groups in total. The predicted molar refractivity (Wildman–Crippen MR) is 189 cm³/mol. The van der Waals surface area contributed by atoms with Gasteiger partial charge in [-0.15, -0.1) is 11.3 Å². The average Bonchev–Trinajstić information content (AvgIpc) is 3.85. The number of thiophene rings is 1. The lowest BCUT2D eigenvalue weighted by molar-refractivity contribution is 1.15. The van der Waals surface area contributed by atoms with Crippen molar-refractivity contribution in [3.63, 3.8) is 0 Å². The monoisotopic (exact) mass is 600 g/mol. The minimum absolute atomic E-state index is 0.0191. The highest BCUT2D eigenvalue weighted by Crippen LogP contribution is 2.39. The van der Waals surface area contributed by atoms with Crippen molar-refractivity contribution in [3.8, 4) is 22.8 Å². The molecule has 5 heteroatoms. The van der Waals surface area contributed by atoms with Crippen LogP contribution in [0.25, 0.3) is 86.7 Å². The van der Waals surface area contributed by atoms with Crippen molar-refractivity contribution in [2.75, 3.05) is 0 Å². The predicted octanol–water partition coefficient (Wildman–Crippen LogP) is 10.7. The van der Waals surface area contributed by atoms with E-state index in [-0.39, 0.29) is 46.0 Å². The Balaban J connectivity index is 1.25. The van der Waals surface area contributed by atoms with Gasteiger partial charge < -0.3 is 9.13 Å². The third-order valence-corrected chi connectivity index (χ3v) is 9.54. The average molecular weight is 601 g/mol. The van der Waals surface area contributed by atoms with Crippen molar-refractivity contribution in [2.45, 2.75) is 0 Å². The molecule has 0 amide bonds. The first-order valence-electron chi connectivity index (χ1n) is 18.4. The first kappa shape index (κ1) is 18.1. The molecule has 4 heterocycles. The molecule has 4 nitrogen and oxygen atoms in total. The van der Waals surface area contributed by atoms with Gasteiger partial charge in [0.1, 0.15) is 0 Å². The topological polar surface area (TPSA) is 35.6 Å². The number of hydrogen-bond acceptors (Lipinski definition) is 3. The minimum atomic E-state index is -0.486. The zero-order valence-corrected chi connectivity index (χ0v) is 24.3. The van der Waals surface area contributed by atoms with Crippen LogP contribution in [-0.2, 0) is 0 Å². The number of hydrogen-bond donors (Lipinski definition) is 0. The van der Waals surface area contributed by atoms with Crippen molar-refractivity contribution in [2.24, 2.45) is 0 Å². The molecule has 0 spiro atoms. The van der Waals surface area contributed by atoms with Crippen molar-refractivity contribution in [1.29, 1.82) is 0 Å². The smallest absolute Gasteiger partial charge is 0.161 e. The Kier molecular flexibility index (Phi) is 3.77. The standard InChI is InChI=1S/C40H24N4S/c1-6-16-32-26(11-1)27-12-2-7-17-33(27)43(32)25-21-22-37-31(23-25)39-38(45-37)24-41-40(42-39)30-15-5-10-20-36(30)44-34-18-8-3-13-28(34)29-14-4-9-19-35(29)44/h1-24H/i3D,4D,8D,9D,13D,14D,18D,19D. The first-order valence-corrected chi connectivity index (χ1v) is 15.3. The van der Waals surface area contributed by atoms with Crippen LogP contribution in [0, 0.1) is 0 Å². The molecule has 0 bridgehead atoms. The van der Waals surface area contributed by atoms with Gasteiger partial charge in [0.25, 0.3) is 0 Å². The number of para-hydroxylation sites is 5. The number of nitrogens with zero attached hydrogens (tertiary/aromatic N) is 4. The molecule has 4 aromatic heterocycles. The fourth-order valence-electron chi connectivity index (χ4n) is 6.54. The van der Waals surface area contributed by atoms with E-state index >= 15 is 0 Å². The van der Waals surface area contributed by atoms with Crippen molar-refractivity contribution in [1.82, 2.24) is 19.1 Å². The van der Waals surface area contributed by atoms with E-state index in [1.54, 1.807) is 29.7 Å². The molecular weight excluding hydrogens is 569 g/mol. The summed E-state index contributed by atoms with van der Waals surface area (Å²) in [5.41, 5.74) is 4.95. The number of aromatic nitrogens is 4. The van der Waals surface area contributed by atoms with Crippen LogP contribution in [0.5, 0.6) is 0 Å². The molecule has 0 aliphatic rings. The van der Waals surface area contributed by atoms with Gasteiger partial charge in [0.2, 0.25) is 0 Å². The Morgan fingerprint density at radius 3 is 1.93 bits per heavy atom. The fourth-order valence-corrected chi connectivity index (χ4v) is 7.53. The lowest BCUT2D eigenvalue weighted by Crippen LogP contribution is -1.99. The molecule has 210 valence electrons. The summed E-state index contributed by atoms with van der Waals surface area (Å²) in [5, 5.41) is 3.32. The lowest BCUT2D eigenvalue weighted by Gasteiger charge is -2.13. The second-order valence-electron chi connectivity index (χ2n) is 10.9. The van der Waals surface area contributed by atoms with Crippen molar-refractivity contribution in [3.05, 3.63) is 146 Å². The number of rotatable bonds is 3. The Hall–Kier alpha value is -5.78. The third-order valence-electron chi connectivity index (χ3n) is 8.45.